The van der Waals surface area contributed by atoms with Crippen LogP contribution >= 0.6 is 11.6 Å². The van der Waals surface area contributed by atoms with E-state index in [1.807, 2.05) is 54.6 Å². The van der Waals surface area contributed by atoms with Crippen LogP contribution in [0.5, 0.6) is 5.75 Å². The molecule has 1 aliphatic rings. The first-order chi connectivity index (χ1) is 16.0. The molecule has 2 N–H and O–H groups in total. The molecule has 5 rings (SSSR count). The lowest BCUT2D eigenvalue weighted by Gasteiger charge is -2.39. The summed E-state index contributed by atoms with van der Waals surface area (Å²) in [5.41, 5.74) is 2.60. The molecule has 0 unspecified atom stereocenters. The van der Waals surface area contributed by atoms with E-state index < -0.39 is 0 Å². The van der Waals surface area contributed by atoms with Crippen molar-refractivity contribution in [3.63, 3.8) is 0 Å². The number of nitrogens with zero attached hydrogens (tertiary/aromatic N) is 4. The van der Waals surface area contributed by atoms with Gasteiger partial charge in [-0.05, 0) is 63.3 Å². The summed E-state index contributed by atoms with van der Waals surface area (Å²) in [6.45, 7) is 0. The molecule has 0 spiro atoms. The first kappa shape index (κ1) is 21.4. The van der Waals surface area contributed by atoms with Crippen LogP contribution < -0.4 is 15.4 Å². The maximum Gasteiger partial charge on any atom is 0.229 e. The fraction of sp³-hybridized carbons (Fsp3) is 0.240. The minimum atomic E-state index is 0.212. The minimum absolute atomic E-state index is 0.212. The van der Waals surface area contributed by atoms with Crippen LogP contribution in [0.1, 0.15) is 12.8 Å². The fourth-order valence-electron chi connectivity index (χ4n) is 3.81. The number of halogens is 1. The molecular weight excluding hydrogens is 436 g/mol. The average Bonchev–Trinajstić information content (AvgIpc) is 2.77. The molecule has 2 heterocycles. The number of benzene rings is 2. The van der Waals surface area contributed by atoms with Crippen LogP contribution in [0.2, 0.25) is 5.02 Å². The van der Waals surface area contributed by atoms with Crippen LogP contribution in [0, 0.1) is 0 Å². The van der Waals surface area contributed by atoms with E-state index in [2.05, 4.69) is 44.6 Å². The van der Waals surface area contributed by atoms with Gasteiger partial charge in [-0.1, -0.05) is 29.8 Å². The molecule has 2 aromatic carbocycles. The van der Waals surface area contributed by atoms with E-state index in [1.54, 1.807) is 12.4 Å². The summed E-state index contributed by atoms with van der Waals surface area (Å²) in [7, 11) is 4.19. The number of rotatable bonds is 7. The molecule has 0 aliphatic heterocycles. The topological polar surface area (TPSA) is 75.2 Å². The van der Waals surface area contributed by atoms with E-state index in [0.29, 0.717) is 28.6 Å². The number of para-hydroxylation sites is 1. The molecule has 0 saturated heterocycles. The summed E-state index contributed by atoms with van der Waals surface area (Å²) >= 11 is 6.47. The van der Waals surface area contributed by atoms with Crippen molar-refractivity contribution in [2.24, 2.45) is 0 Å². The number of pyridine rings is 1. The molecule has 0 atom stereocenters. The summed E-state index contributed by atoms with van der Waals surface area (Å²) in [4.78, 5) is 15.6. The Bertz CT molecular complexity index is 1270. The SMILES string of the molecule is CN(C)C1CC(Oc2ccc(Nc3nccc(Nc4cnc5ccccc5c4)n3)cc2Cl)C1. The maximum absolute atomic E-state index is 6.47. The Balaban J connectivity index is 1.24. The zero-order chi connectivity index (χ0) is 22.8. The van der Waals surface area contributed by atoms with Crippen molar-refractivity contribution in [1.82, 2.24) is 19.9 Å². The Hall–Kier alpha value is -3.42. The number of aromatic nitrogens is 3. The van der Waals surface area contributed by atoms with Gasteiger partial charge >= 0.3 is 0 Å². The van der Waals surface area contributed by atoms with Crippen molar-refractivity contribution in [2.45, 2.75) is 25.0 Å². The van der Waals surface area contributed by atoms with Crippen LogP contribution in [-0.2, 0) is 0 Å². The second-order valence-corrected chi connectivity index (χ2v) is 8.81. The number of hydrogen-bond acceptors (Lipinski definition) is 7. The summed E-state index contributed by atoms with van der Waals surface area (Å²) in [6.07, 6.45) is 5.74. The highest BCUT2D eigenvalue weighted by Crippen LogP contribution is 2.34. The molecule has 1 saturated carbocycles. The number of ether oxygens (including phenoxy) is 1. The molecular formula is C25H25ClN6O. The maximum atomic E-state index is 6.47. The lowest BCUT2D eigenvalue weighted by Crippen LogP contribution is -2.46. The highest BCUT2D eigenvalue weighted by molar-refractivity contribution is 6.32. The smallest absolute Gasteiger partial charge is 0.229 e. The number of fused-ring (bicyclic) bond motifs is 1. The summed E-state index contributed by atoms with van der Waals surface area (Å²) in [6, 6.07) is 18.1. The largest absolute Gasteiger partial charge is 0.489 e. The van der Waals surface area contributed by atoms with Gasteiger partial charge in [0.25, 0.3) is 0 Å². The third kappa shape index (κ3) is 4.99. The van der Waals surface area contributed by atoms with Crippen LogP contribution in [0.3, 0.4) is 0 Å². The second kappa shape index (κ2) is 9.21. The van der Waals surface area contributed by atoms with E-state index in [0.717, 1.165) is 35.1 Å². The standard InChI is InChI=1S/C25H25ClN6O/c1-32(2)19-13-20(14-19)33-23-8-7-17(12-21(23)26)30-25-27-10-9-24(31-25)29-18-11-16-5-3-4-6-22(16)28-15-18/h3-12,15,19-20H,13-14H2,1-2H3,(H2,27,29,30,31). The molecule has 1 fully saturated rings. The highest BCUT2D eigenvalue weighted by Gasteiger charge is 2.32. The molecule has 0 amide bonds. The molecule has 7 nitrogen and oxygen atoms in total. The van der Waals surface area contributed by atoms with Crippen molar-refractivity contribution in [3.05, 3.63) is 72.0 Å². The molecule has 4 aromatic rings. The summed E-state index contributed by atoms with van der Waals surface area (Å²) < 4.78 is 6.05. The Morgan fingerprint density at radius 3 is 2.64 bits per heavy atom. The minimum Gasteiger partial charge on any atom is -0.489 e. The third-order valence-corrected chi connectivity index (χ3v) is 6.10. The zero-order valence-corrected chi connectivity index (χ0v) is 19.3. The van der Waals surface area contributed by atoms with E-state index >= 15 is 0 Å². The molecule has 8 heteroatoms. The number of hydrogen-bond donors (Lipinski definition) is 2. The van der Waals surface area contributed by atoms with E-state index in [9.17, 15) is 0 Å². The lowest BCUT2D eigenvalue weighted by molar-refractivity contribution is 0.0401. The Morgan fingerprint density at radius 1 is 0.970 bits per heavy atom. The zero-order valence-electron chi connectivity index (χ0n) is 18.5. The van der Waals surface area contributed by atoms with E-state index in [4.69, 9.17) is 16.3 Å². The van der Waals surface area contributed by atoms with Crippen molar-refractivity contribution in [3.8, 4) is 5.75 Å². The van der Waals surface area contributed by atoms with Crippen molar-refractivity contribution >= 4 is 45.6 Å². The normalized spacial score (nSPS) is 17.6. The Kier molecular flexibility index (Phi) is 5.98. The van der Waals surface area contributed by atoms with Gasteiger partial charge in [-0.25, -0.2) is 4.98 Å². The van der Waals surface area contributed by atoms with Gasteiger partial charge in [0.15, 0.2) is 0 Å². The molecule has 168 valence electrons. The predicted octanol–water partition coefficient (Wildman–Crippen LogP) is 5.64. The first-order valence-electron chi connectivity index (χ1n) is 10.9. The first-order valence-corrected chi connectivity index (χ1v) is 11.3. The quantitative estimate of drug-likeness (QED) is 0.369. The van der Waals surface area contributed by atoms with Gasteiger partial charge in [-0.15, -0.1) is 0 Å². The van der Waals surface area contributed by atoms with Gasteiger partial charge < -0.3 is 20.3 Å². The summed E-state index contributed by atoms with van der Waals surface area (Å²) in [5.74, 6) is 1.83. The molecule has 0 bridgehead atoms. The van der Waals surface area contributed by atoms with E-state index in [-0.39, 0.29) is 6.10 Å². The van der Waals surface area contributed by atoms with Crippen molar-refractivity contribution < 1.29 is 4.74 Å². The Labute approximate surface area is 197 Å². The molecule has 2 aromatic heterocycles. The van der Waals surface area contributed by atoms with Gasteiger partial charge in [-0.2, -0.15) is 4.98 Å². The van der Waals surface area contributed by atoms with Crippen LogP contribution in [0.25, 0.3) is 10.9 Å². The second-order valence-electron chi connectivity index (χ2n) is 8.41. The number of anilines is 4. The van der Waals surface area contributed by atoms with Crippen molar-refractivity contribution in [2.75, 3.05) is 24.7 Å². The van der Waals surface area contributed by atoms with Gasteiger partial charge in [0.05, 0.1) is 22.4 Å². The van der Waals surface area contributed by atoms with Gasteiger partial charge in [0.1, 0.15) is 17.7 Å². The monoisotopic (exact) mass is 460 g/mol. The van der Waals surface area contributed by atoms with Crippen LogP contribution in [0.4, 0.5) is 23.1 Å². The van der Waals surface area contributed by atoms with Gasteiger partial charge in [0.2, 0.25) is 5.95 Å². The Morgan fingerprint density at radius 2 is 1.82 bits per heavy atom. The third-order valence-electron chi connectivity index (χ3n) is 5.80. The predicted molar refractivity (Wildman–Crippen MR) is 133 cm³/mol. The molecule has 0 radical (unpaired) electrons. The highest BCUT2D eigenvalue weighted by atomic mass is 35.5. The van der Waals surface area contributed by atoms with Crippen LogP contribution in [0.15, 0.2) is 67.0 Å². The molecule has 33 heavy (non-hydrogen) atoms. The fourth-order valence-corrected chi connectivity index (χ4v) is 4.04. The van der Waals surface area contributed by atoms with Gasteiger partial charge in [-0.3, -0.25) is 4.98 Å². The molecule has 1 aliphatic carbocycles. The number of nitrogens with one attached hydrogen (secondary N) is 2. The average molecular weight is 461 g/mol. The summed E-state index contributed by atoms with van der Waals surface area (Å²) in [5, 5.41) is 8.11. The van der Waals surface area contributed by atoms with Crippen molar-refractivity contribution in [1.29, 1.82) is 0 Å². The van der Waals surface area contributed by atoms with Gasteiger partial charge in [0, 0.05) is 23.3 Å². The lowest BCUT2D eigenvalue weighted by atomic mass is 9.88. The van der Waals surface area contributed by atoms with E-state index in [1.165, 1.54) is 0 Å². The van der Waals surface area contributed by atoms with Crippen LogP contribution in [-0.4, -0.2) is 46.1 Å².